The van der Waals surface area contributed by atoms with Crippen LogP contribution in [0.5, 0.6) is 0 Å². The van der Waals surface area contributed by atoms with E-state index in [1.165, 1.54) is 50.7 Å². The van der Waals surface area contributed by atoms with E-state index in [1.807, 2.05) is 11.8 Å². The average Bonchev–Trinajstić information content (AvgIpc) is 2.24. The van der Waals surface area contributed by atoms with Gasteiger partial charge in [-0.3, -0.25) is 0 Å². The molecule has 0 heterocycles. The fourth-order valence-corrected chi connectivity index (χ4v) is 2.98. The quantitative estimate of drug-likeness (QED) is 0.706. The van der Waals surface area contributed by atoms with E-state index in [-0.39, 0.29) is 0 Å². The zero-order valence-corrected chi connectivity index (χ0v) is 11.7. The van der Waals surface area contributed by atoms with Gasteiger partial charge in [0.15, 0.2) is 0 Å². The van der Waals surface area contributed by atoms with Crippen LogP contribution in [0.1, 0.15) is 51.9 Å². The van der Waals surface area contributed by atoms with Gasteiger partial charge in [-0.2, -0.15) is 11.8 Å². The molecule has 0 saturated heterocycles. The van der Waals surface area contributed by atoms with Gasteiger partial charge in [0.05, 0.1) is 0 Å². The lowest BCUT2D eigenvalue weighted by molar-refractivity contribution is 0.554. The van der Waals surface area contributed by atoms with Gasteiger partial charge in [0.25, 0.3) is 0 Å². The largest absolute Gasteiger partial charge is 0.310 e. The number of thioether (sulfide) groups is 1. The molecule has 1 unspecified atom stereocenters. The van der Waals surface area contributed by atoms with Crippen molar-refractivity contribution >= 4 is 11.8 Å². The lowest BCUT2D eigenvalue weighted by atomic mass is 9.95. The fourth-order valence-electron chi connectivity index (χ4n) is 2.32. The Hall–Kier alpha value is 0.0500. The molecule has 1 atom stereocenters. The topological polar surface area (TPSA) is 12.0 Å². The summed E-state index contributed by atoms with van der Waals surface area (Å²) in [6.07, 6.45) is 14.2. The van der Waals surface area contributed by atoms with Crippen molar-refractivity contribution < 1.29 is 0 Å². The monoisotopic (exact) mass is 241 g/mol. The summed E-state index contributed by atoms with van der Waals surface area (Å²) in [5.74, 6) is 1.23. The highest BCUT2D eigenvalue weighted by Gasteiger charge is 2.13. The molecule has 0 bridgehead atoms. The van der Waals surface area contributed by atoms with E-state index in [9.17, 15) is 0 Å². The maximum Gasteiger partial charge on any atom is 0.0370 e. The van der Waals surface area contributed by atoms with Crippen LogP contribution in [-0.2, 0) is 0 Å². The first-order valence-electron chi connectivity index (χ1n) is 6.79. The molecule has 0 saturated carbocycles. The minimum atomic E-state index is 0.632. The molecule has 0 aromatic heterocycles. The van der Waals surface area contributed by atoms with Crippen molar-refractivity contribution in [3.05, 3.63) is 11.6 Å². The predicted octanol–water partition coefficient (Wildman–Crippen LogP) is 4.00. The van der Waals surface area contributed by atoms with Crippen molar-refractivity contribution in [2.24, 2.45) is 0 Å². The summed E-state index contributed by atoms with van der Waals surface area (Å²) in [7, 11) is 0. The van der Waals surface area contributed by atoms with Crippen LogP contribution >= 0.6 is 11.8 Å². The minimum Gasteiger partial charge on any atom is -0.310 e. The van der Waals surface area contributed by atoms with E-state index in [0.717, 1.165) is 6.54 Å². The molecule has 1 nitrogen and oxygen atoms in total. The highest BCUT2D eigenvalue weighted by molar-refractivity contribution is 7.98. The molecular weight excluding hydrogens is 214 g/mol. The maximum atomic E-state index is 3.70. The van der Waals surface area contributed by atoms with Crippen molar-refractivity contribution in [2.75, 3.05) is 18.6 Å². The number of nitrogens with one attached hydrogen (secondary N) is 1. The summed E-state index contributed by atoms with van der Waals surface area (Å²) in [4.78, 5) is 0. The van der Waals surface area contributed by atoms with Gasteiger partial charge in [0.1, 0.15) is 0 Å². The average molecular weight is 241 g/mol. The normalized spacial score (nSPS) is 19.8. The molecule has 1 rings (SSSR count). The Bertz CT molecular complexity index is 201. The zero-order valence-electron chi connectivity index (χ0n) is 10.9. The molecule has 1 aliphatic rings. The lowest BCUT2D eigenvalue weighted by Crippen LogP contribution is -2.34. The lowest BCUT2D eigenvalue weighted by Gasteiger charge is -2.22. The summed E-state index contributed by atoms with van der Waals surface area (Å²) in [6, 6.07) is 0.632. The fraction of sp³-hybridized carbons (Fsp3) is 0.857. The molecule has 0 aliphatic heterocycles. The highest BCUT2D eigenvalue weighted by Crippen LogP contribution is 2.21. The molecule has 0 amide bonds. The van der Waals surface area contributed by atoms with Gasteiger partial charge in [0.2, 0.25) is 0 Å². The predicted molar refractivity (Wildman–Crippen MR) is 76.2 cm³/mol. The Morgan fingerprint density at radius 2 is 2.12 bits per heavy atom. The Labute approximate surface area is 105 Å². The van der Waals surface area contributed by atoms with Gasteiger partial charge in [-0.25, -0.2) is 0 Å². The number of allylic oxidation sites excluding steroid dienone is 1. The van der Waals surface area contributed by atoms with E-state index in [2.05, 4.69) is 24.6 Å². The van der Waals surface area contributed by atoms with Crippen LogP contribution in [0.15, 0.2) is 11.6 Å². The van der Waals surface area contributed by atoms with Crippen molar-refractivity contribution in [3.63, 3.8) is 0 Å². The maximum absolute atomic E-state index is 3.70. The first kappa shape index (κ1) is 14.1. The van der Waals surface area contributed by atoms with Crippen LogP contribution in [-0.4, -0.2) is 24.6 Å². The Balaban J connectivity index is 2.51. The SMILES string of the molecule is CCCNC(CSC)C1=CCCCCCC1. The Morgan fingerprint density at radius 1 is 1.31 bits per heavy atom. The summed E-state index contributed by atoms with van der Waals surface area (Å²) >= 11 is 1.96. The third-order valence-corrected chi connectivity index (χ3v) is 3.91. The van der Waals surface area contributed by atoms with Crippen LogP contribution in [0.25, 0.3) is 0 Å². The molecule has 0 aromatic rings. The molecule has 2 heteroatoms. The third kappa shape index (κ3) is 5.40. The summed E-state index contributed by atoms with van der Waals surface area (Å²) < 4.78 is 0. The van der Waals surface area contributed by atoms with Crippen molar-refractivity contribution in [2.45, 2.75) is 57.9 Å². The van der Waals surface area contributed by atoms with Gasteiger partial charge in [0, 0.05) is 11.8 Å². The zero-order chi connectivity index (χ0) is 11.6. The highest BCUT2D eigenvalue weighted by atomic mass is 32.2. The Morgan fingerprint density at radius 3 is 2.88 bits per heavy atom. The molecule has 1 N–H and O–H groups in total. The first-order valence-corrected chi connectivity index (χ1v) is 8.19. The van der Waals surface area contributed by atoms with Gasteiger partial charge >= 0.3 is 0 Å². The second kappa shape index (κ2) is 9.12. The van der Waals surface area contributed by atoms with Crippen LogP contribution < -0.4 is 5.32 Å². The van der Waals surface area contributed by atoms with Gasteiger partial charge in [-0.1, -0.05) is 31.4 Å². The van der Waals surface area contributed by atoms with E-state index < -0.39 is 0 Å². The molecule has 16 heavy (non-hydrogen) atoms. The van der Waals surface area contributed by atoms with E-state index in [0.29, 0.717) is 6.04 Å². The van der Waals surface area contributed by atoms with E-state index in [1.54, 1.807) is 5.57 Å². The standard InChI is InChI=1S/C14H27NS/c1-3-11-15-14(12-16-2)13-9-7-5-4-6-8-10-13/h9,14-15H,3-8,10-12H2,1-2H3. The first-order chi connectivity index (χ1) is 7.88. The Kier molecular flexibility index (Phi) is 8.04. The van der Waals surface area contributed by atoms with Gasteiger partial charge in [-0.15, -0.1) is 0 Å². The molecule has 0 aromatic carbocycles. The summed E-state index contributed by atoms with van der Waals surface area (Å²) in [5, 5.41) is 3.70. The van der Waals surface area contributed by atoms with Crippen LogP contribution in [0.3, 0.4) is 0 Å². The minimum absolute atomic E-state index is 0.632. The molecule has 0 fully saturated rings. The van der Waals surface area contributed by atoms with E-state index in [4.69, 9.17) is 0 Å². The molecule has 1 aliphatic carbocycles. The number of rotatable bonds is 6. The summed E-state index contributed by atoms with van der Waals surface area (Å²) in [6.45, 7) is 3.40. The molecule has 0 radical (unpaired) electrons. The number of hydrogen-bond donors (Lipinski definition) is 1. The van der Waals surface area contributed by atoms with Crippen molar-refractivity contribution in [1.82, 2.24) is 5.32 Å². The summed E-state index contributed by atoms with van der Waals surface area (Å²) in [5.41, 5.74) is 1.68. The van der Waals surface area contributed by atoms with Crippen LogP contribution in [0, 0.1) is 0 Å². The second-order valence-corrected chi connectivity index (χ2v) is 5.60. The smallest absolute Gasteiger partial charge is 0.0370 e. The van der Waals surface area contributed by atoms with Gasteiger partial charge in [-0.05, 0) is 44.9 Å². The third-order valence-electron chi connectivity index (χ3n) is 3.25. The van der Waals surface area contributed by atoms with Crippen LogP contribution in [0.2, 0.25) is 0 Å². The molecular formula is C14H27NS. The van der Waals surface area contributed by atoms with E-state index >= 15 is 0 Å². The molecule has 94 valence electrons. The number of hydrogen-bond acceptors (Lipinski definition) is 2. The van der Waals surface area contributed by atoms with Crippen molar-refractivity contribution in [3.8, 4) is 0 Å². The van der Waals surface area contributed by atoms with Crippen molar-refractivity contribution in [1.29, 1.82) is 0 Å². The van der Waals surface area contributed by atoms with Gasteiger partial charge < -0.3 is 5.32 Å². The van der Waals surface area contributed by atoms with Crippen LogP contribution in [0.4, 0.5) is 0 Å². The molecule has 0 spiro atoms. The second-order valence-electron chi connectivity index (χ2n) is 4.69.